The Morgan fingerprint density at radius 3 is 2.79 bits per heavy atom. The molecule has 33 heavy (non-hydrogen) atoms. The number of halogens is 1. The lowest BCUT2D eigenvalue weighted by molar-refractivity contribution is -0.115. The zero-order chi connectivity index (χ0) is 23.4. The van der Waals surface area contributed by atoms with Gasteiger partial charge in [-0.05, 0) is 65.9 Å². The van der Waals surface area contributed by atoms with Crippen LogP contribution in [0.5, 0.6) is 11.5 Å². The van der Waals surface area contributed by atoms with Gasteiger partial charge >= 0.3 is 5.97 Å². The average Bonchev–Trinajstić information content (AvgIpc) is 3.39. The van der Waals surface area contributed by atoms with Crippen LogP contribution in [-0.2, 0) is 11.4 Å². The maximum atomic E-state index is 12.4. The molecule has 1 fully saturated rings. The van der Waals surface area contributed by atoms with E-state index < -0.39 is 5.97 Å². The Hall–Kier alpha value is -3.69. The van der Waals surface area contributed by atoms with E-state index in [4.69, 9.17) is 30.6 Å². The third-order valence-electron chi connectivity index (χ3n) is 4.42. The first kappa shape index (κ1) is 22.5. The van der Waals surface area contributed by atoms with Crippen LogP contribution in [0.2, 0.25) is 5.02 Å². The number of carboxylic acid groups (broad SMARTS) is 1. The molecule has 4 rings (SSSR count). The Kier molecular flexibility index (Phi) is 6.71. The van der Waals surface area contributed by atoms with E-state index in [2.05, 4.69) is 10.3 Å². The van der Waals surface area contributed by atoms with Gasteiger partial charge in [0.2, 0.25) is 5.76 Å². The van der Waals surface area contributed by atoms with E-state index in [1.165, 1.54) is 31.0 Å². The molecule has 0 atom stereocenters. The third kappa shape index (κ3) is 5.57. The number of hydrogen-bond acceptors (Lipinski definition) is 7. The molecule has 1 amide bonds. The number of carbonyl (C=O) groups is 2. The minimum Gasteiger partial charge on any atom is -0.493 e. The third-order valence-corrected chi connectivity index (χ3v) is 5.56. The van der Waals surface area contributed by atoms with Gasteiger partial charge in [0, 0.05) is 5.02 Å². The van der Waals surface area contributed by atoms with Crippen molar-refractivity contribution in [3.8, 4) is 11.5 Å². The van der Waals surface area contributed by atoms with Crippen molar-refractivity contribution >= 4 is 52.2 Å². The topological polar surface area (TPSA) is 110 Å². The number of carbonyl (C=O) groups excluding carboxylic acids is 1. The van der Waals surface area contributed by atoms with E-state index >= 15 is 0 Å². The molecule has 2 aromatic carbocycles. The highest BCUT2D eigenvalue weighted by Gasteiger charge is 2.24. The number of furan rings is 1. The first-order valence-electron chi connectivity index (χ1n) is 9.59. The van der Waals surface area contributed by atoms with Crippen molar-refractivity contribution in [1.29, 1.82) is 0 Å². The fraction of sp³-hybridized carbons (Fsp3) is 0.0870. The van der Waals surface area contributed by atoms with Gasteiger partial charge in [0.1, 0.15) is 12.4 Å². The molecule has 1 aliphatic heterocycles. The normalized spacial score (nSPS) is 15.6. The molecule has 3 aromatic rings. The number of benzene rings is 2. The highest BCUT2D eigenvalue weighted by molar-refractivity contribution is 8.18. The second-order valence-electron chi connectivity index (χ2n) is 6.73. The molecule has 10 heteroatoms. The van der Waals surface area contributed by atoms with E-state index in [1.807, 2.05) is 0 Å². The average molecular weight is 485 g/mol. The van der Waals surface area contributed by atoms with Crippen LogP contribution in [0.25, 0.3) is 6.08 Å². The van der Waals surface area contributed by atoms with Crippen molar-refractivity contribution in [3.63, 3.8) is 0 Å². The van der Waals surface area contributed by atoms with Gasteiger partial charge in [-0.3, -0.25) is 4.79 Å². The number of nitrogens with zero attached hydrogens (tertiary/aromatic N) is 1. The summed E-state index contributed by atoms with van der Waals surface area (Å²) in [5.41, 5.74) is 1.37. The van der Waals surface area contributed by atoms with Crippen LogP contribution in [0.4, 0.5) is 5.69 Å². The van der Waals surface area contributed by atoms with Crippen molar-refractivity contribution in [2.75, 3.05) is 7.11 Å². The first-order chi connectivity index (χ1) is 15.9. The van der Waals surface area contributed by atoms with Gasteiger partial charge in [0.15, 0.2) is 16.7 Å². The molecule has 0 radical (unpaired) electrons. The number of aliphatic imine (C=N–C) groups is 1. The Balaban J connectivity index is 1.47. The predicted octanol–water partition coefficient (Wildman–Crippen LogP) is 5.11. The van der Waals surface area contributed by atoms with E-state index in [9.17, 15) is 9.59 Å². The summed E-state index contributed by atoms with van der Waals surface area (Å²) in [5.74, 6) is -0.303. The fourth-order valence-corrected chi connectivity index (χ4v) is 3.93. The highest BCUT2D eigenvalue weighted by Crippen LogP contribution is 2.33. The van der Waals surface area contributed by atoms with Crippen LogP contribution < -0.4 is 14.8 Å². The summed E-state index contributed by atoms with van der Waals surface area (Å²) < 4.78 is 16.3. The second kappa shape index (κ2) is 9.85. The van der Waals surface area contributed by atoms with Crippen LogP contribution in [0.1, 0.15) is 21.9 Å². The molecule has 1 saturated heterocycles. The monoisotopic (exact) mass is 484 g/mol. The molecule has 1 aliphatic rings. The van der Waals surface area contributed by atoms with Crippen molar-refractivity contribution < 1.29 is 28.6 Å². The highest BCUT2D eigenvalue weighted by atomic mass is 35.5. The van der Waals surface area contributed by atoms with Gasteiger partial charge in [-0.2, -0.15) is 0 Å². The molecule has 1 aromatic heterocycles. The molecule has 2 heterocycles. The lowest BCUT2D eigenvalue weighted by atomic mass is 10.2. The largest absolute Gasteiger partial charge is 0.493 e. The number of rotatable bonds is 7. The number of amides is 1. The van der Waals surface area contributed by atoms with E-state index in [0.717, 1.165) is 5.56 Å². The zero-order valence-electron chi connectivity index (χ0n) is 17.2. The molecule has 2 N–H and O–H groups in total. The van der Waals surface area contributed by atoms with Gasteiger partial charge in [0.25, 0.3) is 5.91 Å². The smallest absolute Gasteiger partial charge is 0.371 e. The molecule has 168 valence electrons. The lowest BCUT2D eigenvalue weighted by Crippen LogP contribution is -2.19. The van der Waals surface area contributed by atoms with Crippen LogP contribution in [0.15, 0.2) is 68.9 Å². The standard InChI is InChI=1S/C23H17ClN2O6S/c1-30-19-9-13(5-7-17(19)31-12-16-6-8-18(32-16)22(28)29)10-20-21(27)26-23(33-20)25-15-4-2-3-14(24)11-15/h2-11H,12H2,1H3,(H,28,29)(H,25,26,27)/b20-10-. The molecular weight excluding hydrogens is 468 g/mol. The Labute approximate surface area is 197 Å². The Morgan fingerprint density at radius 2 is 2.06 bits per heavy atom. The molecule has 0 bridgehead atoms. The number of carboxylic acids is 1. The van der Waals surface area contributed by atoms with Crippen molar-refractivity contribution in [2.45, 2.75) is 6.61 Å². The van der Waals surface area contributed by atoms with Crippen molar-refractivity contribution in [1.82, 2.24) is 5.32 Å². The summed E-state index contributed by atoms with van der Waals surface area (Å²) in [5, 5.41) is 12.7. The van der Waals surface area contributed by atoms with E-state index in [0.29, 0.717) is 38.0 Å². The second-order valence-corrected chi connectivity index (χ2v) is 8.20. The van der Waals surface area contributed by atoms with Crippen LogP contribution in [0.3, 0.4) is 0 Å². The molecule has 0 aliphatic carbocycles. The number of amidine groups is 1. The number of nitrogens with one attached hydrogen (secondary N) is 1. The van der Waals surface area contributed by atoms with Crippen molar-refractivity contribution in [2.24, 2.45) is 4.99 Å². The summed E-state index contributed by atoms with van der Waals surface area (Å²) >= 11 is 7.20. The lowest BCUT2D eigenvalue weighted by Gasteiger charge is -2.10. The number of aromatic carboxylic acids is 1. The van der Waals surface area contributed by atoms with Crippen molar-refractivity contribution in [3.05, 3.63) is 81.6 Å². The van der Waals surface area contributed by atoms with E-state index in [-0.39, 0.29) is 18.3 Å². The summed E-state index contributed by atoms with van der Waals surface area (Å²) in [7, 11) is 1.50. The summed E-state index contributed by atoms with van der Waals surface area (Å²) in [6.07, 6.45) is 1.72. The maximum Gasteiger partial charge on any atom is 0.371 e. The van der Waals surface area contributed by atoms with Crippen LogP contribution in [0, 0.1) is 0 Å². The molecular formula is C23H17ClN2O6S. The number of ether oxygens (including phenoxy) is 2. The minimum absolute atomic E-state index is 0.0334. The molecule has 0 saturated carbocycles. The molecule has 0 spiro atoms. The van der Waals surface area contributed by atoms with Crippen LogP contribution in [-0.4, -0.2) is 29.3 Å². The quantitative estimate of drug-likeness (QED) is 0.448. The van der Waals surface area contributed by atoms with Gasteiger partial charge in [-0.15, -0.1) is 0 Å². The Morgan fingerprint density at radius 1 is 1.21 bits per heavy atom. The summed E-state index contributed by atoms with van der Waals surface area (Å²) in [6.45, 7) is 0.0334. The van der Waals surface area contributed by atoms with Gasteiger partial charge < -0.3 is 24.3 Å². The van der Waals surface area contributed by atoms with Crippen LogP contribution >= 0.6 is 23.4 Å². The fourth-order valence-electron chi connectivity index (χ4n) is 2.91. The van der Waals surface area contributed by atoms with Gasteiger partial charge in [-0.1, -0.05) is 23.7 Å². The number of hydrogen-bond donors (Lipinski definition) is 2. The SMILES string of the molecule is COc1cc(/C=C2\SC(=Nc3cccc(Cl)c3)NC2=O)ccc1OCc1ccc(C(=O)O)o1. The molecule has 0 unspecified atom stereocenters. The van der Waals surface area contributed by atoms with Gasteiger partial charge in [-0.25, -0.2) is 9.79 Å². The van der Waals surface area contributed by atoms with Gasteiger partial charge in [0.05, 0.1) is 17.7 Å². The summed E-state index contributed by atoms with van der Waals surface area (Å²) in [4.78, 5) is 28.2. The predicted molar refractivity (Wildman–Crippen MR) is 125 cm³/mol. The number of methoxy groups -OCH3 is 1. The Bertz CT molecular complexity index is 1280. The maximum absolute atomic E-state index is 12.4. The minimum atomic E-state index is -1.15. The summed E-state index contributed by atoms with van der Waals surface area (Å²) in [6, 6.07) is 15.1. The number of thioether (sulfide) groups is 1. The zero-order valence-corrected chi connectivity index (χ0v) is 18.8. The first-order valence-corrected chi connectivity index (χ1v) is 10.8. The molecule has 8 nitrogen and oxygen atoms in total. The van der Waals surface area contributed by atoms with E-state index in [1.54, 1.807) is 48.5 Å².